The molecule has 1 atom stereocenters. The number of carboxylic acid groups (broad SMARTS) is 1. The summed E-state index contributed by atoms with van der Waals surface area (Å²) in [5.41, 5.74) is -3.48. The number of carboxylic acids is 1. The van der Waals surface area contributed by atoms with E-state index in [4.69, 9.17) is 5.11 Å². The van der Waals surface area contributed by atoms with Crippen LogP contribution in [0.3, 0.4) is 0 Å². The smallest absolute Gasteiger partial charge is 0.422 e. The highest BCUT2D eigenvalue weighted by molar-refractivity contribution is 5.93. The second-order valence-electron chi connectivity index (χ2n) is 4.06. The Morgan fingerprint density at radius 3 is 2.40 bits per heavy atom. The van der Waals surface area contributed by atoms with Crippen molar-refractivity contribution in [1.82, 2.24) is 10.3 Å². The Bertz CT molecular complexity index is 533. The average molecular weight is 291 g/mol. The SMILES string of the molecule is CNC(=O)c1cc(NC(C)(C(=O)O)C(F)(F)F)ccn1. The quantitative estimate of drug-likeness (QED) is 0.777. The summed E-state index contributed by atoms with van der Waals surface area (Å²) in [6.45, 7) is 0.495. The molecular weight excluding hydrogens is 279 g/mol. The fraction of sp³-hybridized carbons (Fsp3) is 0.364. The zero-order valence-corrected chi connectivity index (χ0v) is 10.6. The van der Waals surface area contributed by atoms with Gasteiger partial charge in [0.2, 0.25) is 5.54 Å². The maximum atomic E-state index is 12.8. The van der Waals surface area contributed by atoms with E-state index in [9.17, 15) is 22.8 Å². The minimum Gasteiger partial charge on any atom is -0.479 e. The van der Waals surface area contributed by atoms with Crippen molar-refractivity contribution in [2.75, 3.05) is 12.4 Å². The number of hydrogen-bond donors (Lipinski definition) is 3. The standard InChI is InChI=1S/C11H12F3N3O3/c1-10(9(19)20,11(12,13)14)17-6-3-4-16-7(5-6)8(18)15-2/h3-5H,1-2H3,(H,15,18)(H,16,17)(H,19,20). The molecule has 0 aromatic carbocycles. The van der Waals surface area contributed by atoms with Crippen LogP contribution in [0.5, 0.6) is 0 Å². The number of anilines is 1. The fourth-order valence-corrected chi connectivity index (χ4v) is 1.29. The molecule has 0 saturated carbocycles. The maximum Gasteiger partial charge on any atom is 0.422 e. The van der Waals surface area contributed by atoms with Gasteiger partial charge >= 0.3 is 12.1 Å². The van der Waals surface area contributed by atoms with Crippen LogP contribution in [-0.4, -0.2) is 40.7 Å². The Morgan fingerprint density at radius 2 is 1.95 bits per heavy atom. The maximum absolute atomic E-state index is 12.8. The Labute approximate surface area is 112 Å². The van der Waals surface area contributed by atoms with E-state index in [1.54, 1.807) is 0 Å². The highest BCUT2D eigenvalue weighted by Gasteiger charge is 2.57. The molecule has 0 saturated heterocycles. The fourth-order valence-electron chi connectivity index (χ4n) is 1.29. The van der Waals surface area contributed by atoms with Crippen LogP contribution >= 0.6 is 0 Å². The van der Waals surface area contributed by atoms with Gasteiger partial charge in [-0.3, -0.25) is 9.78 Å². The molecule has 20 heavy (non-hydrogen) atoms. The van der Waals surface area contributed by atoms with Crippen LogP contribution in [0.2, 0.25) is 0 Å². The van der Waals surface area contributed by atoms with Crippen molar-refractivity contribution in [3.63, 3.8) is 0 Å². The predicted octanol–water partition coefficient (Wildman–Crippen LogP) is 1.26. The molecule has 0 spiro atoms. The molecule has 1 heterocycles. The molecule has 0 bridgehead atoms. The van der Waals surface area contributed by atoms with Crippen molar-refractivity contribution in [3.05, 3.63) is 24.0 Å². The third-order valence-corrected chi connectivity index (χ3v) is 2.61. The average Bonchev–Trinajstić information content (AvgIpc) is 2.36. The highest BCUT2D eigenvalue weighted by Crippen LogP contribution is 2.33. The van der Waals surface area contributed by atoms with Crippen LogP contribution < -0.4 is 10.6 Å². The molecule has 3 N–H and O–H groups in total. The van der Waals surface area contributed by atoms with Gasteiger partial charge in [-0.25, -0.2) is 4.79 Å². The molecule has 1 unspecified atom stereocenters. The van der Waals surface area contributed by atoms with Crippen LogP contribution in [0, 0.1) is 0 Å². The number of nitrogens with zero attached hydrogens (tertiary/aromatic N) is 1. The van der Waals surface area contributed by atoms with Crippen LogP contribution in [-0.2, 0) is 4.79 Å². The summed E-state index contributed by atoms with van der Waals surface area (Å²) in [5.74, 6) is -2.68. The number of nitrogens with one attached hydrogen (secondary N) is 2. The Morgan fingerprint density at radius 1 is 1.35 bits per heavy atom. The van der Waals surface area contributed by atoms with Gasteiger partial charge in [-0.05, 0) is 19.1 Å². The first-order valence-electron chi connectivity index (χ1n) is 5.38. The van der Waals surface area contributed by atoms with Gasteiger partial charge < -0.3 is 15.7 Å². The topological polar surface area (TPSA) is 91.3 Å². The van der Waals surface area contributed by atoms with Crippen molar-refractivity contribution in [2.45, 2.75) is 18.6 Å². The van der Waals surface area contributed by atoms with Gasteiger partial charge in [0.15, 0.2) is 0 Å². The summed E-state index contributed by atoms with van der Waals surface area (Å²) >= 11 is 0. The lowest BCUT2D eigenvalue weighted by molar-refractivity contribution is -0.192. The third kappa shape index (κ3) is 2.98. The summed E-state index contributed by atoms with van der Waals surface area (Å²) in [6.07, 6.45) is -3.92. The molecule has 0 aliphatic carbocycles. The van der Waals surface area contributed by atoms with Gasteiger partial charge in [-0.2, -0.15) is 13.2 Å². The molecule has 1 rings (SSSR count). The first kappa shape index (κ1) is 15.7. The zero-order valence-electron chi connectivity index (χ0n) is 10.6. The number of aliphatic carboxylic acids is 1. The summed E-state index contributed by atoms with van der Waals surface area (Å²) < 4.78 is 38.5. The lowest BCUT2D eigenvalue weighted by Crippen LogP contribution is -2.55. The zero-order chi connectivity index (χ0) is 15.6. The summed E-state index contributed by atoms with van der Waals surface area (Å²) in [5, 5.41) is 12.9. The number of aromatic nitrogens is 1. The molecule has 0 fully saturated rings. The van der Waals surface area contributed by atoms with Crippen molar-refractivity contribution in [1.29, 1.82) is 0 Å². The number of halogens is 3. The second kappa shape index (κ2) is 5.35. The molecular formula is C11H12F3N3O3. The Kier molecular flexibility index (Phi) is 4.21. The molecule has 110 valence electrons. The lowest BCUT2D eigenvalue weighted by atomic mass is 10.0. The lowest BCUT2D eigenvalue weighted by Gasteiger charge is -2.29. The first-order chi connectivity index (χ1) is 9.11. The van der Waals surface area contributed by atoms with Crippen molar-refractivity contribution >= 4 is 17.6 Å². The molecule has 1 aromatic rings. The van der Waals surface area contributed by atoms with Gasteiger partial charge in [-0.1, -0.05) is 0 Å². The number of rotatable bonds is 4. The monoisotopic (exact) mass is 291 g/mol. The Hall–Kier alpha value is -2.32. The molecule has 0 aliphatic heterocycles. The van der Waals surface area contributed by atoms with Gasteiger partial charge in [0.05, 0.1) is 0 Å². The van der Waals surface area contributed by atoms with Gasteiger partial charge in [0.25, 0.3) is 5.91 Å². The molecule has 0 aliphatic rings. The molecule has 6 nitrogen and oxygen atoms in total. The summed E-state index contributed by atoms with van der Waals surface area (Å²) in [7, 11) is 1.33. The largest absolute Gasteiger partial charge is 0.479 e. The minimum atomic E-state index is -5.02. The van der Waals surface area contributed by atoms with Crippen LogP contribution in [0.1, 0.15) is 17.4 Å². The van der Waals surface area contributed by atoms with Gasteiger partial charge in [-0.15, -0.1) is 0 Å². The number of carbonyl (C=O) groups is 2. The van der Waals surface area contributed by atoms with Crippen LogP contribution in [0.25, 0.3) is 0 Å². The number of pyridine rings is 1. The second-order valence-corrected chi connectivity index (χ2v) is 4.06. The van der Waals surface area contributed by atoms with Crippen molar-refractivity contribution in [3.8, 4) is 0 Å². The number of carbonyl (C=O) groups excluding carboxylic acids is 1. The van der Waals surface area contributed by atoms with Crippen molar-refractivity contribution < 1.29 is 27.9 Å². The number of amides is 1. The highest BCUT2D eigenvalue weighted by atomic mass is 19.4. The van der Waals surface area contributed by atoms with E-state index in [0.717, 1.165) is 18.3 Å². The van der Waals surface area contributed by atoms with E-state index in [1.807, 2.05) is 5.32 Å². The van der Waals surface area contributed by atoms with E-state index in [2.05, 4.69) is 10.3 Å². The van der Waals surface area contributed by atoms with Crippen LogP contribution in [0.4, 0.5) is 18.9 Å². The number of alkyl halides is 3. The number of hydrogen-bond acceptors (Lipinski definition) is 4. The normalized spacial score (nSPS) is 14.2. The summed E-state index contributed by atoms with van der Waals surface area (Å²) in [6, 6.07) is 2.17. The minimum absolute atomic E-state index is 0.132. The first-order valence-corrected chi connectivity index (χ1v) is 5.38. The molecule has 9 heteroatoms. The van der Waals surface area contributed by atoms with E-state index in [1.165, 1.54) is 7.05 Å². The van der Waals surface area contributed by atoms with E-state index >= 15 is 0 Å². The van der Waals surface area contributed by atoms with Gasteiger partial charge in [0.1, 0.15) is 5.69 Å². The van der Waals surface area contributed by atoms with Crippen molar-refractivity contribution in [2.24, 2.45) is 0 Å². The third-order valence-electron chi connectivity index (χ3n) is 2.61. The van der Waals surface area contributed by atoms with E-state index in [0.29, 0.717) is 6.92 Å². The Balaban J connectivity index is 3.14. The molecule has 1 amide bonds. The van der Waals surface area contributed by atoms with Crippen LogP contribution in [0.15, 0.2) is 18.3 Å². The molecule has 1 aromatic heterocycles. The van der Waals surface area contributed by atoms with Gasteiger partial charge in [0, 0.05) is 18.9 Å². The molecule has 0 radical (unpaired) electrons. The van der Waals surface area contributed by atoms with E-state index in [-0.39, 0.29) is 11.4 Å². The van der Waals surface area contributed by atoms with E-state index < -0.39 is 23.6 Å². The predicted molar refractivity (Wildman–Crippen MR) is 63.3 cm³/mol. The summed E-state index contributed by atoms with van der Waals surface area (Å²) in [4.78, 5) is 25.9.